The van der Waals surface area contributed by atoms with E-state index in [4.69, 9.17) is 5.73 Å². The van der Waals surface area contributed by atoms with Gasteiger partial charge in [-0.05, 0) is 55.5 Å². The first-order valence-electron chi connectivity index (χ1n) is 6.75. The zero-order valence-electron chi connectivity index (χ0n) is 12.2. The summed E-state index contributed by atoms with van der Waals surface area (Å²) < 4.78 is 0. The van der Waals surface area contributed by atoms with E-state index in [1.807, 2.05) is 36.9 Å². The summed E-state index contributed by atoms with van der Waals surface area (Å²) in [4.78, 5) is 12.0. The van der Waals surface area contributed by atoms with Crippen LogP contribution < -0.4 is 11.1 Å². The third kappa shape index (κ3) is 5.68. The number of thioether (sulfide) groups is 1. The number of hydrogen-bond acceptors (Lipinski definition) is 3. The highest BCUT2D eigenvalue weighted by Gasteiger charge is 2.06. The molecule has 108 valence electrons. The van der Waals surface area contributed by atoms with Gasteiger partial charge in [0, 0.05) is 17.7 Å². The van der Waals surface area contributed by atoms with E-state index in [9.17, 15) is 4.79 Å². The van der Waals surface area contributed by atoms with E-state index in [0.717, 1.165) is 36.3 Å². The molecule has 0 saturated heterocycles. The van der Waals surface area contributed by atoms with E-state index in [0.29, 0.717) is 12.1 Å². The fraction of sp³-hybridized carbons (Fsp3) is 0.438. The van der Waals surface area contributed by atoms with Gasteiger partial charge in [-0.15, -0.1) is 0 Å². The Labute approximate surface area is 125 Å². The summed E-state index contributed by atoms with van der Waals surface area (Å²) >= 11 is 1.83. The van der Waals surface area contributed by atoms with Gasteiger partial charge in [0.05, 0.1) is 6.54 Å². The second kappa shape index (κ2) is 9.46. The topological polar surface area (TPSA) is 55.1 Å². The first-order chi connectivity index (χ1) is 9.69. The molecule has 20 heavy (non-hydrogen) atoms. The lowest BCUT2D eigenvalue weighted by Gasteiger charge is -2.06. The minimum atomic E-state index is -0.0180. The van der Waals surface area contributed by atoms with Crippen LogP contribution in [0.1, 0.15) is 34.3 Å². The molecule has 0 aromatic heterocycles. The van der Waals surface area contributed by atoms with Crippen LogP contribution in [-0.2, 0) is 0 Å². The highest BCUT2D eigenvalue weighted by molar-refractivity contribution is 7.98. The van der Waals surface area contributed by atoms with Crippen LogP contribution >= 0.6 is 11.8 Å². The lowest BCUT2D eigenvalue weighted by atomic mass is 10.0. The maximum atomic E-state index is 12.0. The van der Waals surface area contributed by atoms with Gasteiger partial charge in [-0.2, -0.15) is 11.8 Å². The van der Waals surface area contributed by atoms with Crippen LogP contribution in [0.2, 0.25) is 0 Å². The summed E-state index contributed by atoms with van der Waals surface area (Å²) in [5.41, 5.74) is 7.96. The molecule has 3 N–H and O–H groups in total. The number of hydrogen-bond donors (Lipinski definition) is 2. The number of benzene rings is 1. The Hall–Kier alpha value is -1.44. The number of unbranched alkanes of at least 4 members (excludes halogenated alkanes) is 1. The fourth-order valence-corrected chi connectivity index (χ4v) is 2.26. The fourth-order valence-electron chi connectivity index (χ4n) is 1.77. The predicted octanol–water partition coefficient (Wildman–Crippen LogP) is 2.18. The normalized spacial score (nSPS) is 9.75. The minimum absolute atomic E-state index is 0.0180. The van der Waals surface area contributed by atoms with Gasteiger partial charge < -0.3 is 11.1 Å². The van der Waals surface area contributed by atoms with E-state index in [2.05, 4.69) is 23.4 Å². The van der Waals surface area contributed by atoms with E-state index < -0.39 is 0 Å². The number of nitrogens with one attached hydrogen (secondary N) is 1. The molecule has 0 aliphatic rings. The van der Waals surface area contributed by atoms with Crippen molar-refractivity contribution in [3.63, 3.8) is 0 Å². The lowest BCUT2D eigenvalue weighted by molar-refractivity contribution is 0.0953. The van der Waals surface area contributed by atoms with Crippen molar-refractivity contribution in [1.82, 2.24) is 5.32 Å². The van der Waals surface area contributed by atoms with Gasteiger partial charge in [-0.25, -0.2) is 0 Å². The highest BCUT2D eigenvalue weighted by atomic mass is 32.2. The number of carbonyl (C=O) groups excluding carboxylic acids is 1. The molecule has 4 heteroatoms. The molecule has 3 nitrogen and oxygen atoms in total. The van der Waals surface area contributed by atoms with Crippen LogP contribution in [0.4, 0.5) is 0 Å². The molecule has 1 aromatic carbocycles. The summed E-state index contributed by atoms with van der Waals surface area (Å²) in [6.45, 7) is 3.03. The minimum Gasteiger partial charge on any atom is -0.352 e. The zero-order valence-corrected chi connectivity index (χ0v) is 13.0. The molecule has 0 radical (unpaired) electrons. The Morgan fingerprint density at radius 3 is 2.85 bits per heavy atom. The molecule has 0 spiro atoms. The smallest absolute Gasteiger partial charge is 0.251 e. The maximum absolute atomic E-state index is 12.0. The standard InChI is InChI=1S/C16H22N2OS/c1-13-12-15(8-7-14(13)6-5-9-17)16(19)18-10-3-4-11-20-2/h7-8,12H,3-4,9-11,17H2,1-2H3,(H,18,19). The van der Waals surface area contributed by atoms with E-state index >= 15 is 0 Å². The molecule has 1 amide bonds. The predicted molar refractivity (Wildman–Crippen MR) is 87.1 cm³/mol. The Morgan fingerprint density at radius 1 is 1.40 bits per heavy atom. The molecule has 1 rings (SSSR count). The lowest BCUT2D eigenvalue weighted by Crippen LogP contribution is -2.24. The summed E-state index contributed by atoms with van der Waals surface area (Å²) in [5, 5.41) is 2.94. The van der Waals surface area contributed by atoms with Crippen molar-refractivity contribution in [3.8, 4) is 11.8 Å². The average molecular weight is 290 g/mol. The number of amides is 1. The summed E-state index contributed by atoms with van der Waals surface area (Å²) in [7, 11) is 0. The number of carbonyl (C=O) groups is 1. The van der Waals surface area contributed by atoms with Crippen molar-refractivity contribution in [2.75, 3.05) is 25.1 Å². The van der Waals surface area contributed by atoms with Gasteiger partial charge >= 0.3 is 0 Å². The van der Waals surface area contributed by atoms with Gasteiger partial charge in [-0.1, -0.05) is 11.8 Å². The van der Waals surface area contributed by atoms with E-state index in [1.54, 1.807) is 0 Å². The highest BCUT2D eigenvalue weighted by Crippen LogP contribution is 2.10. The van der Waals surface area contributed by atoms with Crippen LogP contribution in [0, 0.1) is 18.8 Å². The third-order valence-corrected chi connectivity index (χ3v) is 3.57. The monoisotopic (exact) mass is 290 g/mol. The Morgan fingerprint density at radius 2 is 2.20 bits per heavy atom. The van der Waals surface area contributed by atoms with Crippen LogP contribution in [0.5, 0.6) is 0 Å². The first kappa shape index (κ1) is 16.6. The van der Waals surface area contributed by atoms with Crippen LogP contribution in [0.15, 0.2) is 18.2 Å². The molecule has 0 fully saturated rings. The number of nitrogens with two attached hydrogens (primary N) is 1. The summed E-state index contributed by atoms with van der Waals surface area (Å²) in [6.07, 6.45) is 4.25. The summed E-state index contributed by atoms with van der Waals surface area (Å²) in [6, 6.07) is 5.56. The maximum Gasteiger partial charge on any atom is 0.251 e. The summed E-state index contributed by atoms with van der Waals surface area (Å²) in [5.74, 6) is 6.94. The Balaban J connectivity index is 2.54. The Bertz CT molecular complexity index is 503. The van der Waals surface area contributed by atoms with E-state index in [1.165, 1.54) is 0 Å². The van der Waals surface area contributed by atoms with Crippen LogP contribution in [0.25, 0.3) is 0 Å². The van der Waals surface area contributed by atoms with E-state index in [-0.39, 0.29) is 5.91 Å². The molecule has 0 saturated carbocycles. The quantitative estimate of drug-likeness (QED) is 0.624. The largest absolute Gasteiger partial charge is 0.352 e. The average Bonchev–Trinajstić information content (AvgIpc) is 2.45. The molecule has 0 heterocycles. The zero-order chi connectivity index (χ0) is 14.8. The molecular formula is C16H22N2OS. The first-order valence-corrected chi connectivity index (χ1v) is 8.15. The Kier molecular flexibility index (Phi) is 7.86. The third-order valence-electron chi connectivity index (χ3n) is 2.87. The molecular weight excluding hydrogens is 268 g/mol. The van der Waals surface area contributed by atoms with Gasteiger partial charge in [0.15, 0.2) is 0 Å². The number of aryl methyl sites for hydroxylation is 1. The van der Waals surface area contributed by atoms with Gasteiger partial charge in [0.1, 0.15) is 0 Å². The van der Waals surface area contributed by atoms with Crippen LogP contribution in [-0.4, -0.2) is 31.0 Å². The molecule has 0 aliphatic carbocycles. The molecule has 0 aliphatic heterocycles. The van der Waals surface area contributed by atoms with Crippen molar-refractivity contribution in [2.24, 2.45) is 5.73 Å². The SMILES string of the molecule is CSCCCCNC(=O)c1ccc(C#CCN)c(C)c1. The van der Waals surface area contributed by atoms with Gasteiger partial charge in [0.2, 0.25) is 0 Å². The van der Waals surface area contributed by atoms with Gasteiger partial charge in [-0.3, -0.25) is 4.79 Å². The molecule has 0 unspecified atom stereocenters. The number of rotatable bonds is 6. The van der Waals surface area contributed by atoms with Crippen molar-refractivity contribution < 1.29 is 4.79 Å². The van der Waals surface area contributed by atoms with Crippen LogP contribution in [0.3, 0.4) is 0 Å². The second-order valence-corrected chi connectivity index (χ2v) is 5.48. The van der Waals surface area contributed by atoms with Crippen molar-refractivity contribution in [2.45, 2.75) is 19.8 Å². The molecule has 0 atom stereocenters. The van der Waals surface area contributed by atoms with Crippen molar-refractivity contribution in [3.05, 3.63) is 34.9 Å². The second-order valence-electron chi connectivity index (χ2n) is 4.49. The van der Waals surface area contributed by atoms with Crippen molar-refractivity contribution in [1.29, 1.82) is 0 Å². The molecule has 1 aromatic rings. The molecule has 0 bridgehead atoms. The van der Waals surface area contributed by atoms with Gasteiger partial charge in [0.25, 0.3) is 5.91 Å². The van der Waals surface area contributed by atoms with Crippen molar-refractivity contribution >= 4 is 17.7 Å².